The van der Waals surface area contributed by atoms with Gasteiger partial charge in [-0.05, 0) is 12.1 Å². The van der Waals surface area contributed by atoms with Crippen LogP contribution in [-0.4, -0.2) is 101 Å². The van der Waals surface area contributed by atoms with E-state index in [1.165, 1.54) is 25.4 Å². The SMILES string of the molecule is Cc1cn([C@H]2C[C@H](OP(=O)(OC[C@H]3O[C@@H](n4ccc(NC(=O)COc5ccccc5)nc4=O)C[C@@H]3OC(=O)COc3ccccc3)[Se]CCC#N)[C@@H](CO)O2)c(=O)[nH]c1=O. The number of aliphatic hydroxyl groups excluding tert-OH is 1. The van der Waals surface area contributed by atoms with E-state index in [0.29, 0.717) is 11.5 Å². The molecule has 4 heterocycles. The van der Waals surface area contributed by atoms with E-state index in [9.17, 15) is 38.9 Å². The first-order chi connectivity index (χ1) is 28.9. The number of aliphatic hydroxyl groups is 1. The first kappa shape index (κ1) is 44.1. The van der Waals surface area contributed by atoms with Crippen molar-refractivity contribution in [3.8, 4) is 17.6 Å². The van der Waals surface area contributed by atoms with Crippen LogP contribution < -0.4 is 31.7 Å². The average molecular weight is 916 g/mol. The van der Waals surface area contributed by atoms with Crippen LogP contribution in [0.4, 0.5) is 5.82 Å². The van der Waals surface area contributed by atoms with Crippen molar-refractivity contribution in [3.63, 3.8) is 0 Å². The molecule has 4 aromatic rings. The fourth-order valence-electron chi connectivity index (χ4n) is 6.13. The number of aryl methyl sites for hydroxylation is 1. The molecule has 318 valence electrons. The maximum absolute atomic E-state index is 14.4. The van der Waals surface area contributed by atoms with E-state index in [0.717, 1.165) is 9.13 Å². The van der Waals surface area contributed by atoms with Gasteiger partial charge in [0.15, 0.2) is 6.61 Å². The number of hydrogen-bond donors (Lipinski definition) is 3. The van der Waals surface area contributed by atoms with Crippen molar-refractivity contribution < 1.29 is 52.0 Å². The third-order valence-electron chi connectivity index (χ3n) is 9.03. The Morgan fingerprint density at radius 2 is 1.62 bits per heavy atom. The summed E-state index contributed by atoms with van der Waals surface area (Å²) in [5, 5.41) is 22.0. The van der Waals surface area contributed by atoms with Crippen LogP contribution in [0.5, 0.6) is 11.5 Å². The van der Waals surface area contributed by atoms with Gasteiger partial charge < -0.3 is 4.74 Å². The van der Waals surface area contributed by atoms with Crippen LogP contribution in [-0.2, 0) is 37.4 Å². The summed E-state index contributed by atoms with van der Waals surface area (Å²) in [5.74, 6) is -0.480. The van der Waals surface area contributed by atoms with Crippen LogP contribution >= 0.6 is 6.29 Å². The molecule has 0 radical (unpaired) electrons. The number of nitrogens with zero attached hydrogens (tertiary/aromatic N) is 4. The number of anilines is 1. The maximum atomic E-state index is 14.4. The minimum atomic E-state index is -4.11. The standard InChI is InChI=1S/C38H41N6O14PSe/c1-24-19-44(38(50)42-36(24)48)34-18-28(29(20-45)55-34)58-59(51,60-16-8-14-39)54-21-30-27(57-35(47)23-53-26-11-6-3-7-12-26)17-33(56-30)43-15-13-31(41-37(43)49)40-32(46)22-52-25-9-4-2-5-10-25/h2-7,9-13,15,19,27-30,33-34,45H,8,16-18,20-23H2,1H3,(H,42,48,50)(H,40,41,46,49)/t27-,28-,29+,30+,33+,34+,59?/m0/s1. The molecule has 0 aliphatic carbocycles. The molecule has 0 spiro atoms. The van der Waals surface area contributed by atoms with Crippen LogP contribution in [0.1, 0.15) is 37.3 Å². The Kier molecular flexibility index (Phi) is 15.2. The topological polar surface area (TPSA) is 262 Å². The van der Waals surface area contributed by atoms with Crippen LogP contribution in [0.25, 0.3) is 0 Å². The molecule has 1 unspecified atom stereocenters. The quantitative estimate of drug-likeness (QED) is 0.0527. The Hall–Kier alpha value is -5.42. The van der Waals surface area contributed by atoms with Gasteiger partial charge in [0, 0.05) is 0 Å². The number of H-pyrrole nitrogens is 1. The molecule has 20 nitrogen and oxygen atoms in total. The number of aromatic amines is 1. The van der Waals surface area contributed by atoms with E-state index >= 15 is 0 Å². The van der Waals surface area contributed by atoms with E-state index in [-0.39, 0.29) is 42.6 Å². The summed E-state index contributed by atoms with van der Waals surface area (Å²) in [7, 11) is 0. The molecule has 60 heavy (non-hydrogen) atoms. The van der Waals surface area contributed by atoms with Crippen molar-refractivity contribution in [2.45, 2.75) is 68.4 Å². The second kappa shape index (κ2) is 20.7. The molecule has 6 rings (SSSR count). The van der Waals surface area contributed by atoms with Gasteiger partial charge >= 0.3 is 290 Å². The Balaban J connectivity index is 1.16. The Morgan fingerprint density at radius 1 is 0.967 bits per heavy atom. The second-order valence-electron chi connectivity index (χ2n) is 13.3. The van der Waals surface area contributed by atoms with Crippen molar-refractivity contribution in [1.29, 1.82) is 5.26 Å². The molecule has 0 bridgehead atoms. The number of nitriles is 1. The number of para-hydroxylation sites is 2. The summed E-state index contributed by atoms with van der Waals surface area (Å²) in [6.07, 6.45) is -7.92. The van der Waals surface area contributed by atoms with E-state index in [4.69, 9.17) is 32.7 Å². The molecule has 2 aromatic carbocycles. The van der Waals surface area contributed by atoms with Gasteiger partial charge in [-0.3, -0.25) is 4.79 Å². The number of amides is 1. The van der Waals surface area contributed by atoms with Crippen molar-refractivity contribution in [1.82, 2.24) is 19.1 Å². The van der Waals surface area contributed by atoms with Crippen molar-refractivity contribution in [2.75, 3.05) is 31.7 Å². The van der Waals surface area contributed by atoms with Gasteiger partial charge in [0.2, 0.25) is 0 Å². The normalized spacial score (nSPS) is 22.0. The molecule has 2 saturated heterocycles. The Labute approximate surface area is 347 Å². The van der Waals surface area contributed by atoms with Gasteiger partial charge in [-0.2, -0.15) is 0 Å². The monoisotopic (exact) mass is 916 g/mol. The summed E-state index contributed by atoms with van der Waals surface area (Å²) in [4.78, 5) is 69.5. The predicted molar refractivity (Wildman–Crippen MR) is 210 cm³/mol. The number of hydrogen-bond acceptors (Lipinski definition) is 16. The number of nitrogens with one attached hydrogen (secondary N) is 2. The van der Waals surface area contributed by atoms with Gasteiger partial charge in [0.1, 0.15) is 5.75 Å². The van der Waals surface area contributed by atoms with E-state index in [1.54, 1.807) is 60.7 Å². The van der Waals surface area contributed by atoms with E-state index < -0.39 is 106 Å². The first-order valence-electron chi connectivity index (χ1n) is 18.6. The van der Waals surface area contributed by atoms with Crippen LogP contribution in [0.15, 0.2) is 93.5 Å². The summed E-state index contributed by atoms with van der Waals surface area (Å²) in [5.41, 5.74) is -1.90. The number of carbonyl (C=O) groups excluding carboxylic acids is 2. The molecule has 0 saturated carbocycles. The van der Waals surface area contributed by atoms with Gasteiger partial charge in [-0.25, -0.2) is 0 Å². The molecular weight excluding hydrogens is 874 g/mol. The molecule has 22 heteroatoms. The van der Waals surface area contributed by atoms with Gasteiger partial charge in [0.05, 0.1) is 0 Å². The number of rotatable bonds is 19. The van der Waals surface area contributed by atoms with Crippen LogP contribution in [0.3, 0.4) is 0 Å². The first-order valence-corrected chi connectivity index (χ1v) is 23.5. The molecule has 2 fully saturated rings. The number of carbonyl (C=O) groups is 2. The Bertz CT molecular complexity index is 2380. The van der Waals surface area contributed by atoms with Crippen molar-refractivity contribution in [3.05, 3.63) is 116 Å². The van der Waals surface area contributed by atoms with Crippen molar-refractivity contribution in [2.24, 2.45) is 0 Å². The molecule has 3 N–H and O–H groups in total. The van der Waals surface area contributed by atoms with Crippen molar-refractivity contribution >= 4 is 38.5 Å². The Morgan fingerprint density at radius 3 is 2.28 bits per heavy atom. The fourth-order valence-corrected chi connectivity index (χ4v) is 11.6. The average Bonchev–Trinajstić information content (AvgIpc) is 3.83. The summed E-state index contributed by atoms with van der Waals surface area (Å²) >= 11 is -0.951. The minimum absolute atomic E-state index is 0.0338. The van der Waals surface area contributed by atoms with E-state index in [2.05, 4.69) is 15.3 Å². The molecule has 2 aromatic heterocycles. The molecular formula is C38H41N6O14PSe. The zero-order chi connectivity index (χ0) is 42.6. The summed E-state index contributed by atoms with van der Waals surface area (Å²) < 4.78 is 57.5. The third-order valence-corrected chi connectivity index (χ3v) is 15.3. The molecule has 2 aliphatic heterocycles. The fraction of sp³-hybridized carbons (Fsp3) is 0.395. The number of aromatic nitrogens is 4. The number of benzene rings is 2. The number of ether oxygens (including phenoxy) is 5. The molecule has 2 aliphatic rings. The molecule has 1 amide bonds. The van der Waals surface area contributed by atoms with Crippen LogP contribution in [0, 0.1) is 18.3 Å². The predicted octanol–water partition coefficient (Wildman–Crippen LogP) is 2.22. The molecule has 7 atom stereocenters. The summed E-state index contributed by atoms with van der Waals surface area (Å²) in [6, 6.07) is 20.6. The van der Waals surface area contributed by atoms with Gasteiger partial charge in [0.25, 0.3) is 0 Å². The third kappa shape index (κ3) is 11.9. The number of esters is 1. The van der Waals surface area contributed by atoms with Crippen LogP contribution in [0.2, 0.25) is 5.32 Å². The van der Waals surface area contributed by atoms with E-state index in [1.807, 2.05) is 6.07 Å². The zero-order valence-corrected chi connectivity index (χ0v) is 34.6. The summed E-state index contributed by atoms with van der Waals surface area (Å²) in [6.45, 7) is -0.351. The zero-order valence-electron chi connectivity index (χ0n) is 32.0. The van der Waals surface area contributed by atoms with Gasteiger partial charge in [-0.1, -0.05) is 24.3 Å². The second-order valence-corrected chi connectivity index (χ2v) is 20.2. The van der Waals surface area contributed by atoms with Gasteiger partial charge in [-0.15, -0.1) is 0 Å².